The molecule has 0 radical (unpaired) electrons. The van der Waals surface area contributed by atoms with E-state index >= 15 is 0 Å². The molecule has 1 saturated carbocycles. The lowest BCUT2D eigenvalue weighted by atomic mass is 9.79. The molecule has 21 heavy (non-hydrogen) atoms. The van der Waals surface area contributed by atoms with Gasteiger partial charge in [0.1, 0.15) is 0 Å². The van der Waals surface area contributed by atoms with Crippen molar-refractivity contribution in [2.45, 2.75) is 25.7 Å². The lowest BCUT2D eigenvalue weighted by Crippen LogP contribution is -2.28. The molecule has 4 N–H and O–H groups in total. The van der Waals surface area contributed by atoms with Crippen LogP contribution in [0.1, 0.15) is 25.7 Å². The van der Waals surface area contributed by atoms with Crippen LogP contribution in [0.5, 0.6) is 0 Å². The lowest BCUT2D eigenvalue weighted by Gasteiger charge is -2.30. The Kier molecular flexibility index (Phi) is 4.25. The van der Waals surface area contributed by atoms with E-state index in [-0.39, 0.29) is 0 Å². The zero-order valence-electron chi connectivity index (χ0n) is 12.3. The number of hydrogen-bond acceptors (Lipinski definition) is 4. The number of benzene rings is 1. The molecule has 2 unspecified atom stereocenters. The Hall–Kier alpha value is -1.81. The predicted octanol–water partition coefficient (Wildman–Crippen LogP) is 3.03. The molecule has 2 aromatic rings. The zero-order chi connectivity index (χ0) is 14.7. The summed E-state index contributed by atoms with van der Waals surface area (Å²) in [5.41, 5.74) is 7.87. The molecule has 0 bridgehead atoms. The van der Waals surface area contributed by atoms with Gasteiger partial charge in [0, 0.05) is 47.7 Å². The minimum absolute atomic E-state index is 0.304. The van der Waals surface area contributed by atoms with Gasteiger partial charge in [0.2, 0.25) is 0 Å². The van der Waals surface area contributed by atoms with Gasteiger partial charge in [-0.05, 0) is 42.9 Å². The number of nitrogens with two attached hydrogens (primary N) is 1. The number of aromatic nitrogens is 1. The van der Waals surface area contributed by atoms with Gasteiger partial charge in [-0.2, -0.15) is 0 Å². The van der Waals surface area contributed by atoms with E-state index < -0.39 is 0 Å². The van der Waals surface area contributed by atoms with Gasteiger partial charge in [0.05, 0.1) is 0 Å². The molecule has 4 heteroatoms. The van der Waals surface area contributed by atoms with Gasteiger partial charge >= 0.3 is 0 Å². The highest BCUT2D eigenvalue weighted by atomic mass is 16.3. The van der Waals surface area contributed by atoms with E-state index in [2.05, 4.69) is 10.3 Å². The summed E-state index contributed by atoms with van der Waals surface area (Å²) in [6.07, 6.45) is 8.48. The Morgan fingerprint density at radius 3 is 2.76 bits per heavy atom. The van der Waals surface area contributed by atoms with Crippen LogP contribution in [-0.4, -0.2) is 23.2 Å². The van der Waals surface area contributed by atoms with Crippen LogP contribution in [0.25, 0.3) is 10.8 Å². The Morgan fingerprint density at radius 2 is 1.95 bits per heavy atom. The number of pyridine rings is 1. The average molecular weight is 285 g/mol. The second kappa shape index (κ2) is 6.31. The number of nitrogens with one attached hydrogen (secondary N) is 1. The maximum Gasteiger partial charge on any atom is 0.0462 e. The monoisotopic (exact) mass is 285 g/mol. The number of anilines is 2. The molecule has 3 rings (SSSR count). The predicted molar refractivity (Wildman–Crippen MR) is 87.2 cm³/mol. The Bertz CT molecular complexity index is 614. The highest BCUT2D eigenvalue weighted by molar-refractivity contribution is 6.00. The molecule has 0 amide bonds. The fraction of sp³-hybridized carbons (Fsp3) is 0.471. The molecule has 1 aliphatic rings. The summed E-state index contributed by atoms with van der Waals surface area (Å²) in [4.78, 5) is 4.15. The summed E-state index contributed by atoms with van der Waals surface area (Å²) < 4.78 is 0. The van der Waals surface area contributed by atoms with Gasteiger partial charge in [0.25, 0.3) is 0 Å². The Labute approximate surface area is 125 Å². The third kappa shape index (κ3) is 2.95. The number of nitrogen functional groups attached to an aromatic ring is 1. The number of hydrogen-bond donors (Lipinski definition) is 3. The molecule has 2 atom stereocenters. The molecule has 0 spiro atoms. The number of aliphatic hydroxyl groups excluding tert-OH is 1. The maximum absolute atomic E-state index is 9.51. The van der Waals surface area contributed by atoms with Crippen LogP contribution in [0.3, 0.4) is 0 Å². The maximum atomic E-state index is 9.51. The number of nitrogens with zero attached hydrogens (tertiary/aromatic N) is 1. The fourth-order valence-corrected chi connectivity index (χ4v) is 3.40. The Morgan fingerprint density at radius 1 is 1.14 bits per heavy atom. The average Bonchev–Trinajstić information content (AvgIpc) is 2.55. The van der Waals surface area contributed by atoms with Gasteiger partial charge in [-0.1, -0.05) is 12.8 Å². The van der Waals surface area contributed by atoms with Crippen molar-refractivity contribution < 1.29 is 5.11 Å². The summed E-state index contributed by atoms with van der Waals surface area (Å²) in [7, 11) is 0. The first-order chi connectivity index (χ1) is 10.3. The summed E-state index contributed by atoms with van der Waals surface area (Å²) in [5, 5.41) is 15.2. The summed E-state index contributed by atoms with van der Waals surface area (Å²) in [6, 6.07) is 5.96. The van der Waals surface area contributed by atoms with Crippen molar-refractivity contribution in [3.05, 3.63) is 30.6 Å². The van der Waals surface area contributed by atoms with E-state index in [1.165, 1.54) is 19.3 Å². The van der Waals surface area contributed by atoms with Crippen molar-refractivity contribution in [3.8, 4) is 0 Å². The van der Waals surface area contributed by atoms with E-state index in [1.807, 2.05) is 24.4 Å². The molecule has 112 valence electrons. The highest BCUT2D eigenvalue weighted by Crippen LogP contribution is 2.32. The lowest BCUT2D eigenvalue weighted by molar-refractivity contribution is 0.141. The van der Waals surface area contributed by atoms with Crippen LogP contribution in [0, 0.1) is 11.8 Å². The molecular formula is C17H23N3O. The summed E-state index contributed by atoms with van der Waals surface area (Å²) in [6.45, 7) is 1.21. The van der Waals surface area contributed by atoms with E-state index in [0.29, 0.717) is 18.4 Å². The first-order valence-electron chi connectivity index (χ1n) is 7.76. The van der Waals surface area contributed by atoms with Crippen LogP contribution >= 0.6 is 0 Å². The minimum atomic E-state index is 0.304. The Balaban J connectivity index is 1.77. The zero-order valence-corrected chi connectivity index (χ0v) is 12.3. The molecule has 0 saturated heterocycles. The second-order valence-electron chi connectivity index (χ2n) is 5.99. The van der Waals surface area contributed by atoms with Gasteiger partial charge < -0.3 is 16.2 Å². The van der Waals surface area contributed by atoms with Crippen molar-refractivity contribution in [3.63, 3.8) is 0 Å². The molecule has 1 aromatic heterocycles. The van der Waals surface area contributed by atoms with Gasteiger partial charge in [-0.3, -0.25) is 4.98 Å². The molecule has 1 fully saturated rings. The van der Waals surface area contributed by atoms with E-state index in [4.69, 9.17) is 5.73 Å². The minimum Gasteiger partial charge on any atom is -0.398 e. The largest absolute Gasteiger partial charge is 0.398 e. The number of aliphatic hydroxyl groups is 1. The first-order valence-corrected chi connectivity index (χ1v) is 7.76. The fourth-order valence-electron chi connectivity index (χ4n) is 3.40. The van der Waals surface area contributed by atoms with Crippen molar-refractivity contribution >= 4 is 22.1 Å². The number of fused-ring (bicyclic) bond motifs is 1. The van der Waals surface area contributed by atoms with E-state index in [1.54, 1.807) is 6.20 Å². The number of rotatable bonds is 4. The first kappa shape index (κ1) is 14.1. The van der Waals surface area contributed by atoms with Crippen molar-refractivity contribution in [2.75, 3.05) is 24.2 Å². The topological polar surface area (TPSA) is 71.2 Å². The molecule has 1 aromatic carbocycles. The standard InChI is InChI=1S/C17H23N3O/c18-16-5-6-17(14-7-8-19-10-15(14)16)20-9-12-3-1-2-4-13(12)11-21/h5-8,10,12-13,20-21H,1-4,9,11,18H2. The normalized spacial score (nSPS) is 22.3. The molecule has 1 aliphatic carbocycles. The van der Waals surface area contributed by atoms with Crippen molar-refractivity contribution in [1.82, 2.24) is 4.98 Å². The van der Waals surface area contributed by atoms with Crippen LogP contribution < -0.4 is 11.1 Å². The molecule has 1 heterocycles. The summed E-state index contributed by atoms with van der Waals surface area (Å²) in [5.74, 6) is 0.992. The third-order valence-electron chi connectivity index (χ3n) is 4.71. The van der Waals surface area contributed by atoms with E-state index in [0.717, 1.165) is 35.1 Å². The molecule has 0 aliphatic heterocycles. The summed E-state index contributed by atoms with van der Waals surface area (Å²) >= 11 is 0. The van der Waals surface area contributed by atoms with Crippen LogP contribution in [0.15, 0.2) is 30.6 Å². The van der Waals surface area contributed by atoms with Gasteiger partial charge in [0.15, 0.2) is 0 Å². The van der Waals surface area contributed by atoms with Crippen LogP contribution in [0.4, 0.5) is 11.4 Å². The second-order valence-corrected chi connectivity index (χ2v) is 5.99. The van der Waals surface area contributed by atoms with Gasteiger partial charge in [-0.15, -0.1) is 0 Å². The van der Waals surface area contributed by atoms with E-state index in [9.17, 15) is 5.11 Å². The molecule has 4 nitrogen and oxygen atoms in total. The molecular weight excluding hydrogens is 262 g/mol. The van der Waals surface area contributed by atoms with Gasteiger partial charge in [-0.25, -0.2) is 0 Å². The highest BCUT2D eigenvalue weighted by Gasteiger charge is 2.24. The third-order valence-corrected chi connectivity index (χ3v) is 4.71. The van der Waals surface area contributed by atoms with Crippen LogP contribution in [0.2, 0.25) is 0 Å². The SMILES string of the molecule is Nc1ccc(NCC2CCCCC2CO)c2ccncc12. The van der Waals surface area contributed by atoms with Crippen molar-refractivity contribution in [1.29, 1.82) is 0 Å². The van der Waals surface area contributed by atoms with Crippen molar-refractivity contribution in [2.24, 2.45) is 11.8 Å². The van der Waals surface area contributed by atoms with Crippen LogP contribution in [-0.2, 0) is 0 Å². The quantitative estimate of drug-likeness (QED) is 0.755. The smallest absolute Gasteiger partial charge is 0.0462 e.